The van der Waals surface area contributed by atoms with Crippen molar-refractivity contribution in [3.8, 4) is 0 Å². The first-order valence-corrected chi connectivity index (χ1v) is 6.51. The molecule has 0 aliphatic heterocycles. The molecule has 4 heteroatoms. The summed E-state index contributed by atoms with van der Waals surface area (Å²) in [4.78, 5) is 21.3. The lowest BCUT2D eigenvalue weighted by Crippen LogP contribution is -2.27. The summed E-state index contributed by atoms with van der Waals surface area (Å²) >= 11 is 0. The van der Waals surface area contributed by atoms with Gasteiger partial charge in [0.15, 0.2) is 0 Å². The number of carbonyl (C=O) groups excluding carboxylic acids is 1. The van der Waals surface area contributed by atoms with Crippen LogP contribution in [0.5, 0.6) is 0 Å². The molecule has 0 aliphatic carbocycles. The van der Waals surface area contributed by atoms with Gasteiger partial charge < -0.3 is 9.88 Å². The van der Waals surface area contributed by atoms with E-state index in [0.29, 0.717) is 5.69 Å². The van der Waals surface area contributed by atoms with E-state index in [1.165, 1.54) is 0 Å². The molecule has 1 aromatic carbocycles. The average molecular weight is 257 g/mol. The molecule has 0 bridgehead atoms. The normalized spacial score (nSPS) is 10.5. The molecule has 0 aliphatic rings. The molecule has 1 heterocycles. The summed E-state index contributed by atoms with van der Waals surface area (Å²) in [5, 5.41) is 0. The van der Waals surface area contributed by atoms with Gasteiger partial charge in [-0.3, -0.25) is 4.79 Å². The van der Waals surface area contributed by atoms with Crippen molar-refractivity contribution in [1.82, 2.24) is 9.97 Å². The van der Waals surface area contributed by atoms with Crippen LogP contribution in [0.15, 0.2) is 30.5 Å². The lowest BCUT2D eigenvalue weighted by atomic mass is 10.2. The van der Waals surface area contributed by atoms with Crippen LogP contribution in [0.3, 0.4) is 0 Å². The first kappa shape index (κ1) is 13.3. The number of para-hydroxylation sites is 1. The Labute approximate surface area is 113 Å². The standard InChI is InChI=1S/C15H19N3O/c1-4-7-14-16-10-12(17-14)15(19)18(3)13-9-6-5-8-11(13)2/h5-6,8-10H,4,7H2,1-3H3,(H,16,17). The zero-order chi connectivity index (χ0) is 13.8. The van der Waals surface area contributed by atoms with Crippen molar-refractivity contribution in [2.45, 2.75) is 26.7 Å². The lowest BCUT2D eigenvalue weighted by Gasteiger charge is -2.18. The first-order valence-electron chi connectivity index (χ1n) is 6.51. The molecule has 0 saturated carbocycles. The SMILES string of the molecule is CCCc1ncc(C(=O)N(C)c2ccccc2C)[nH]1. The smallest absolute Gasteiger partial charge is 0.276 e. The highest BCUT2D eigenvalue weighted by atomic mass is 16.2. The van der Waals surface area contributed by atoms with Gasteiger partial charge in [0, 0.05) is 19.2 Å². The van der Waals surface area contributed by atoms with Gasteiger partial charge in [-0.25, -0.2) is 4.98 Å². The predicted octanol–water partition coefficient (Wildman–Crippen LogP) is 2.95. The second-order valence-corrected chi connectivity index (χ2v) is 4.64. The third-order valence-corrected chi connectivity index (χ3v) is 3.13. The molecular formula is C15H19N3O. The van der Waals surface area contributed by atoms with Crippen molar-refractivity contribution in [1.29, 1.82) is 0 Å². The van der Waals surface area contributed by atoms with E-state index >= 15 is 0 Å². The minimum absolute atomic E-state index is 0.0656. The predicted molar refractivity (Wildman–Crippen MR) is 76.5 cm³/mol. The number of nitrogens with zero attached hydrogens (tertiary/aromatic N) is 2. The molecule has 0 radical (unpaired) electrons. The van der Waals surface area contributed by atoms with Gasteiger partial charge in [0.05, 0.1) is 6.20 Å². The molecule has 0 spiro atoms. The molecule has 1 N–H and O–H groups in total. The maximum Gasteiger partial charge on any atom is 0.276 e. The number of nitrogens with one attached hydrogen (secondary N) is 1. The van der Waals surface area contributed by atoms with Crippen LogP contribution < -0.4 is 4.90 Å². The minimum Gasteiger partial charge on any atom is -0.338 e. The maximum absolute atomic E-state index is 12.4. The largest absolute Gasteiger partial charge is 0.338 e. The van der Waals surface area contributed by atoms with Crippen LogP contribution >= 0.6 is 0 Å². The van der Waals surface area contributed by atoms with E-state index in [-0.39, 0.29) is 5.91 Å². The number of amides is 1. The summed E-state index contributed by atoms with van der Waals surface area (Å²) in [7, 11) is 1.78. The van der Waals surface area contributed by atoms with Crippen LogP contribution in [0, 0.1) is 6.92 Å². The highest BCUT2D eigenvalue weighted by Crippen LogP contribution is 2.19. The van der Waals surface area contributed by atoms with Crippen molar-refractivity contribution in [3.63, 3.8) is 0 Å². The molecular weight excluding hydrogens is 238 g/mol. The summed E-state index contributed by atoms with van der Waals surface area (Å²) in [5.74, 6) is 0.799. The van der Waals surface area contributed by atoms with Crippen LogP contribution in [0.4, 0.5) is 5.69 Å². The molecule has 2 rings (SSSR count). The number of hydrogen-bond donors (Lipinski definition) is 1. The summed E-state index contributed by atoms with van der Waals surface area (Å²) < 4.78 is 0. The Morgan fingerprint density at radius 3 is 2.79 bits per heavy atom. The molecule has 1 aromatic heterocycles. The third-order valence-electron chi connectivity index (χ3n) is 3.13. The van der Waals surface area contributed by atoms with E-state index in [2.05, 4.69) is 16.9 Å². The van der Waals surface area contributed by atoms with Crippen LogP contribution in [0.1, 0.15) is 35.2 Å². The minimum atomic E-state index is -0.0656. The van der Waals surface area contributed by atoms with Gasteiger partial charge in [-0.2, -0.15) is 0 Å². The molecule has 1 amide bonds. The van der Waals surface area contributed by atoms with E-state index in [0.717, 1.165) is 29.9 Å². The summed E-state index contributed by atoms with van der Waals surface area (Å²) in [6.07, 6.45) is 3.48. The number of rotatable bonds is 4. The number of benzene rings is 1. The van der Waals surface area contributed by atoms with Gasteiger partial charge in [0.1, 0.15) is 11.5 Å². The van der Waals surface area contributed by atoms with E-state index in [4.69, 9.17) is 0 Å². The van der Waals surface area contributed by atoms with Crippen LogP contribution in [-0.4, -0.2) is 22.9 Å². The fourth-order valence-electron chi connectivity index (χ4n) is 2.06. The van der Waals surface area contributed by atoms with E-state index < -0.39 is 0 Å². The first-order chi connectivity index (χ1) is 9.13. The van der Waals surface area contributed by atoms with E-state index in [1.54, 1.807) is 18.1 Å². The highest BCUT2D eigenvalue weighted by Gasteiger charge is 2.16. The third kappa shape index (κ3) is 2.84. The zero-order valence-electron chi connectivity index (χ0n) is 11.6. The van der Waals surface area contributed by atoms with Gasteiger partial charge in [-0.15, -0.1) is 0 Å². The Balaban J connectivity index is 2.21. The van der Waals surface area contributed by atoms with Gasteiger partial charge in [0.25, 0.3) is 5.91 Å². The average Bonchev–Trinajstić information content (AvgIpc) is 2.87. The summed E-state index contributed by atoms with van der Waals surface area (Å²) in [5.41, 5.74) is 2.53. The van der Waals surface area contributed by atoms with Crippen molar-refractivity contribution >= 4 is 11.6 Å². The molecule has 0 atom stereocenters. The second-order valence-electron chi connectivity index (χ2n) is 4.64. The molecule has 0 saturated heterocycles. The fourth-order valence-corrected chi connectivity index (χ4v) is 2.06. The fraction of sp³-hybridized carbons (Fsp3) is 0.333. The van der Waals surface area contributed by atoms with Gasteiger partial charge in [0.2, 0.25) is 0 Å². The molecule has 0 unspecified atom stereocenters. The zero-order valence-corrected chi connectivity index (χ0v) is 11.6. The number of aromatic amines is 1. The molecule has 19 heavy (non-hydrogen) atoms. The maximum atomic E-state index is 12.4. The number of hydrogen-bond acceptors (Lipinski definition) is 2. The van der Waals surface area contributed by atoms with Gasteiger partial charge >= 0.3 is 0 Å². The van der Waals surface area contributed by atoms with E-state index in [1.807, 2.05) is 31.2 Å². The Hall–Kier alpha value is -2.10. The number of H-pyrrole nitrogens is 1. The Bertz CT molecular complexity index is 574. The van der Waals surface area contributed by atoms with Crippen molar-refractivity contribution in [2.24, 2.45) is 0 Å². The van der Waals surface area contributed by atoms with Crippen molar-refractivity contribution in [3.05, 3.63) is 47.5 Å². The van der Waals surface area contributed by atoms with Gasteiger partial charge in [-0.05, 0) is 25.0 Å². The molecule has 4 nitrogen and oxygen atoms in total. The Kier molecular flexibility index (Phi) is 4.00. The van der Waals surface area contributed by atoms with Crippen LogP contribution in [-0.2, 0) is 6.42 Å². The summed E-state index contributed by atoms with van der Waals surface area (Å²) in [6.45, 7) is 4.08. The van der Waals surface area contributed by atoms with Crippen molar-refractivity contribution in [2.75, 3.05) is 11.9 Å². The lowest BCUT2D eigenvalue weighted by molar-refractivity contribution is 0.0988. The van der Waals surface area contributed by atoms with E-state index in [9.17, 15) is 4.79 Å². The van der Waals surface area contributed by atoms with Crippen LogP contribution in [0.2, 0.25) is 0 Å². The number of carbonyl (C=O) groups is 1. The number of aromatic nitrogens is 2. The van der Waals surface area contributed by atoms with Crippen LogP contribution in [0.25, 0.3) is 0 Å². The molecule has 0 fully saturated rings. The van der Waals surface area contributed by atoms with Gasteiger partial charge in [-0.1, -0.05) is 25.1 Å². The van der Waals surface area contributed by atoms with Crippen molar-refractivity contribution < 1.29 is 4.79 Å². The second kappa shape index (κ2) is 5.69. The summed E-state index contributed by atoms with van der Waals surface area (Å²) in [6, 6.07) is 7.83. The molecule has 2 aromatic rings. The topological polar surface area (TPSA) is 49.0 Å². The quantitative estimate of drug-likeness (QED) is 0.915. The number of anilines is 1. The number of imidazole rings is 1. The Morgan fingerprint density at radius 1 is 1.37 bits per heavy atom. The number of aryl methyl sites for hydroxylation is 2. The Morgan fingerprint density at radius 2 is 2.11 bits per heavy atom. The highest BCUT2D eigenvalue weighted by molar-refractivity contribution is 6.04. The molecule has 100 valence electrons. The monoisotopic (exact) mass is 257 g/mol.